The normalized spacial score (nSPS) is 13.3. The van der Waals surface area contributed by atoms with Gasteiger partial charge in [0.2, 0.25) is 0 Å². The molecule has 2 unspecified atom stereocenters. The fourth-order valence-electron chi connectivity index (χ4n) is 2.53. The maximum atomic E-state index is 5.68. The summed E-state index contributed by atoms with van der Waals surface area (Å²) in [6.07, 6.45) is 0.396. The van der Waals surface area contributed by atoms with Crippen molar-refractivity contribution in [2.24, 2.45) is 0 Å². The van der Waals surface area contributed by atoms with Crippen molar-refractivity contribution in [1.82, 2.24) is 0 Å². The molecule has 0 N–H and O–H groups in total. The number of ether oxygens (including phenoxy) is 4. The van der Waals surface area contributed by atoms with E-state index in [2.05, 4.69) is 24.3 Å². The fraction of sp³-hybridized carbons (Fsp3) is 0.429. The first-order valence-corrected chi connectivity index (χ1v) is 8.85. The second kappa shape index (κ2) is 10.1. The highest BCUT2D eigenvalue weighted by atomic mass is 16.7. The third kappa shape index (κ3) is 6.77. The Hall–Kier alpha value is -2.04. The molecule has 2 aromatic carbocycles. The summed E-state index contributed by atoms with van der Waals surface area (Å²) in [6, 6.07) is 16.2. The Morgan fingerprint density at radius 2 is 1.00 bits per heavy atom. The number of hydrogen-bond acceptors (Lipinski definition) is 4. The van der Waals surface area contributed by atoms with Gasteiger partial charge in [0.15, 0.2) is 12.6 Å². The lowest BCUT2D eigenvalue weighted by molar-refractivity contribution is -0.0616. The lowest BCUT2D eigenvalue weighted by Crippen LogP contribution is -2.15. The topological polar surface area (TPSA) is 36.9 Å². The van der Waals surface area contributed by atoms with Crippen molar-refractivity contribution >= 4 is 0 Å². The van der Waals surface area contributed by atoms with Crippen LogP contribution in [0.15, 0.2) is 48.5 Å². The summed E-state index contributed by atoms with van der Waals surface area (Å²) in [6.45, 7) is 8.99. The fourth-order valence-corrected chi connectivity index (χ4v) is 2.53. The predicted molar refractivity (Wildman–Crippen MR) is 99.1 cm³/mol. The van der Waals surface area contributed by atoms with Gasteiger partial charge in [-0.2, -0.15) is 0 Å². The van der Waals surface area contributed by atoms with Gasteiger partial charge in [-0.1, -0.05) is 24.3 Å². The van der Waals surface area contributed by atoms with Crippen molar-refractivity contribution in [3.8, 4) is 11.5 Å². The summed E-state index contributed by atoms with van der Waals surface area (Å²) >= 11 is 0. The summed E-state index contributed by atoms with van der Waals surface area (Å²) in [4.78, 5) is 0. The monoisotopic (exact) mass is 344 g/mol. The first kappa shape index (κ1) is 19.3. The molecule has 0 radical (unpaired) electrons. The Labute approximate surface area is 150 Å². The molecule has 0 heterocycles. The lowest BCUT2D eigenvalue weighted by atomic mass is 10.0. The van der Waals surface area contributed by atoms with E-state index in [4.69, 9.17) is 18.9 Å². The molecule has 0 bridgehead atoms. The molecule has 136 valence electrons. The highest BCUT2D eigenvalue weighted by molar-refractivity contribution is 5.34. The van der Waals surface area contributed by atoms with Crippen molar-refractivity contribution < 1.29 is 18.9 Å². The number of benzene rings is 2. The molecule has 2 aromatic rings. The van der Waals surface area contributed by atoms with Crippen LogP contribution in [0, 0.1) is 0 Å². The van der Waals surface area contributed by atoms with Crippen LogP contribution in [0.3, 0.4) is 0 Å². The van der Waals surface area contributed by atoms with E-state index in [1.807, 2.05) is 52.0 Å². The summed E-state index contributed by atoms with van der Waals surface area (Å²) < 4.78 is 22.1. The highest BCUT2D eigenvalue weighted by Crippen LogP contribution is 2.19. The Kier molecular flexibility index (Phi) is 7.76. The van der Waals surface area contributed by atoms with Gasteiger partial charge in [-0.3, -0.25) is 0 Å². The molecule has 4 heteroatoms. The van der Waals surface area contributed by atoms with Crippen LogP contribution in [-0.2, 0) is 15.9 Å². The molecule has 0 spiro atoms. The van der Waals surface area contributed by atoms with Gasteiger partial charge in [0, 0.05) is 13.2 Å². The molecule has 0 aliphatic heterocycles. The van der Waals surface area contributed by atoms with Crippen LogP contribution in [0.2, 0.25) is 0 Å². The molecule has 4 nitrogen and oxygen atoms in total. The van der Waals surface area contributed by atoms with Gasteiger partial charge in [0.05, 0.1) is 0 Å². The Morgan fingerprint density at radius 3 is 1.32 bits per heavy atom. The second-order valence-corrected chi connectivity index (χ2v) is 5.75. The van der Waals surface area contributed by atoms with Crippen LogP contribution < -0.4 is 9.47 Å². The van der Waals surface area contributed by atoms with Gasteiger partial charge in [-0.05, 0) is 69.5 Å². The minimum absolute atomic E-state index is 0.234. The first-order valence-electron chi connectivity index (χ1n) is 8.85. The average Bonchev–Trinajstić information content (AvgIpc) is 2.59. The number of hydrogen-bond donors (Lipinski definition) is 0. The van der Waals surface area contributed by atoms with E-state index in [0.29, 0.717) is 13.2 Å². The average molecular weight is 344 g/mol. The molecule has 25 heavy (non-hydrogen) atoms. The van der Waals surface area contributed by atoms with Gasteiger partial charge in [-0.25, -0.2) is 0 Å². The first-order chi connectivity index (χ1) is 12.1. The summed E-state index contributed by atoms with van der Waals surface area (Å²) in [5.41, 5.74) is 2.46. The zero-order valence-corrected chi connectivity index (χ0v) is 15.5. The van der Waals surface area contributed by atoms with Crippen molar-refractivity contribution in [3.63, 3.8) is 0 Å². The summed E-state index contributed by atoms with van der Waals surface area (Å²) in [5.74, 6) is 1.64. The number of rotatable bonds is 10. The van der Waals surface area contributed by atoms with Crippen LogP contribution in [0.5, 0.6) is 11.5 Å². The van der Waals surface area contributed by atoms with Crippen LogP contribution in [0.4, 0.5) is 0 Å². The van der Waals surface area contributed by atoms with Crippen molar-refractivity contribution in [1.29, 1.82) is 0 Å². The van der Waals surface area contributed by atoms with Gasteiger partial charge in [0.25, 0.3) is 0 Å². The zero-order valence-electron chi connectivity index (χ0n) is 15.5. The van der Waals surface area contributed by atoms with Crippen LogP contribution in [0.25, 0.3) is 0 Å². The zero-order chi connectivity index (χ0) is 18.1. The Balaban J connectivity index is 1.89. The smallest absolute Gasteiger partial charge is 0.196 e. The van der Waals surface area contributed by atoms with Gasteiger partial charge in [-0.15, -0.1) is 0 Å². The summed E-state index contributed by atoms with van der Waals surface area (Å²) in [5, 5.41) is 0. The van der Waals surface area contributed by atoms with Crippen molar-refractivity contribution in [3.05, 3.63) is 59.7 Å². The molecule has 2 atom stereocenters. The molecule has 0 amide bonds. The highest BCUT2D eigenvalue weighted by Gasteiger charge is 2.05. The third-order valence-electron chi connectivity index (χ3n) is 3.66. The van der Waals surface area contributed by atoms with E-state index >= 15 is 0 Å². The van der Waals surface area contributed by atoms with Gasteiger partial charge >= 0.3 is 0 Å². The third-order valence-corrected chi connectivity index (χ3v) is 3.66. The standard InChI is InChI=1S/C21H28O4/c1-5-22-16(3)24-20-11-7-18(8-12-20)15-19-9-13-21(14-10-19)25-17(4)23-6-2/h7-14,16-17H,5-6,15H2,1-4H3. The Morgan fingerprint density at radius 1 is 0.640 bits per heavy atom. The molecular weight excluding hydrogens is 316 g/mol. The quantitative estimate of drug-likeness (QED) is 0.580. The van der Waals surface area contributed by atoms with Crippen molar-refractivity contribution in [2.45, 2.75) is 46.7 Å². The molecule has 0 aromatic heterocycles. The molecule has 2 rings (SSSR count). The van der Waals surface area contributed by atoms with Gasteiger partial charge < -0.3 is 18.9 Å². The van der Waals surface area contributed by atoms with E-state index in [0.717, 1.165) is 17.9 Å². The van der Waals surface area contributed by atoms with E-state index in [1.54, 1.807) is 0 Å². The molecule has 0 aliphatic rings. The van der Waals surface area contributed by atoms with Crippen LogP contribution in [-0.4, -0.2) is 25.8 Å². The van der Waals surface area contributed by atoms with Crippen molar-refractivity contribution in [2.75, 3.05) is 13.2 Å². The molecule has 0 saturated carbocycles. The maximum absolute atomic E-state index is 5.68. The lowest BCUT2D eigenvalue weighted by Gasteiger charge is -2.15. The minimum Gasteiger partial charge on any atom is -0.465 e. The van der Waals surface area contributed by atoms with E-state index in [-0.39, 0.29) is 12.6 Å². The molecule has 0 aliphatic carbocycles. The molecule has 0 fully saturated rings. The SMILES string of the molecule is CCOC(C)Oc1ccc(Cc2ccc(OC(C)OCC)cc2)cc1. The predicted octanol–water partition coefficient (Wildman–Crippen LogP) is 4.80. The maximum Gasteiger partial charge on any atom is 0.196 e. The van der Waals surface area contributed by atoms with Crippen LogP contribution >= 0.6 is 0 Å². The molecular formula is C21H28O4. The van der Waals surface area contributed by atoms with E-state index in [1.165, 1.54) is 11.1 Å². The van der Waals surface area contributed by atoms with Gasteiger partial charge in [0.1, 0.15) is 11.5 Å². The minimum atomic E-state index is -0.234. The summed E-state index contributed by atoms with van der Waals surface area (Å²) in [7, 11) is 0. The van der Waals surface area contributed by atoms with E-state index in [9.17, 15) is 0 Å². The Bertz CT molecular complexity index is 551. The van der Waals surface area contributed by atoms with Crippen LogP contribution in [0.1, 0.15) is 38.8 Å². The van der Waals surface area contributed by atoms with E-state index < -0.39 is 0 Å². The molecule has 0 saturated heterocycles. The largest absolute Gasteiger partial charge is 0.465 e. The second-order valence-electron chi connectivity index (χ2n) is 5.75.